The van der Waals surface area contributed by atoms with Crippen molar-refractivity contribution in [3.63, 3.8) is 0 Å². The van der Waals surface area contributed by atoms with Gasteiger partial charge in [-0.25, -0.2) is 0 Å². The maximum Gasteiger partial charge on any atom is 0.257 e. The molecule has 1 aliphatic heterocycles. The molecular weight excluding hydrogens is 326 g/mol. The number of amides is 1. The first-order chi connectivity index (χ1) is 11.8. The number of rotatable bonds is 3. The Morgan fingerprint density at radius 3 is 2.71 bits per heavy atom. The van der Waals surface area contributed by atoms with Crippen LogP contribution in [0.3, 0.4) is 0 Å². The van der Waals surface area contributed by atoms with E-state index < -0.39 is 0 Å². The molecule has 126 valence electrons. The molecule has 1 saturated carbocycles. The van der Waals surface area contributed by atoms with Gasteiger partial charge in [0.05, 0.1) is 0 Å². The van der Waals surface area contributed by atoms with Gasteiger partial charge in [0.15, 0.2) is 11.5 Å². The maximum absolute atomic E-state index is 12.4. The average Bonchev–Trinajstić information content (AvgIpc) is 3.10. The molecule has 0 radical (unpaired) electrons. The molecule has 1 aliphatic carbocycles. The lowest BCUT2D eigenvalue weighted by Gasteiger charge is -2.18. The first-order valence-electron chi connectivity index (χ1n) is 8.34. The first-order valence-corrected chi connectivity index (χ1v) is 9.15. The van der Waals surface area contributed by atoms with Crippen LogP contribution in [0.4, 0.5) is 5.13 Å². The van der Waals surface area contributed by atoms with Crippen molar-refractivity contribution < 1.29 is 14.3 Å². The van der Waals surface area contributed by atoms with E-state index in [-0.39, 0.29) is 5.91 Å². The largest absolute Gasteiger partial charge is 0.486 e. The van der Waals surface area contributed by atoms with Crippen LogP contribution >= 0.6 is 11.3 Å². The standard InChI is InChI=1S/C17H19N3O3S/c21-15(12-6-7-13-14(10-12)23-9-8-22-13)18-17-20-19-16(24-17)11-4-2-1-3-5-11/h6-7,10-11H,1-5,8-9H2,(H,18,20,21). The molecule has 24 heavy (non-hydrogen) atoms. The van der Waals surface area contributed by atoms with Crippen molar-refractivity contribution in [2.75, 3.05) is 18.5 Å². The molecule has 2 heterocycles. The number of anilines is 1. The van der Waals surface area contributed by atoms with E-state index in [0.29, 0.717) is 41.3 Å². The van der Waals surface area contributed by atoms with E-state index in [1.54, 1.807) is 18.2 Å². The highest BCUT2D eigenvalue weighted by molar-refractivity contribution is 7.15. The normalized spacial score (nSPS) is 17.5. The first kappa shape index (κ1) is 15.4. The number of nitrogens with one attached hydrogen (secondary N) is 1. The summed E-state index contributed by atoms with van der Waals surface area (Å²) in [4.78, 5) is 12.4. The minimum atomic E-state index is -0.210. The zero-order chi connectivity index (χ0) is 16.4. The molecular formula is C17H19N3O3S. The summed E-state index contributed by atoms with van der Waals surface area (Å²) in [6, 6.07) is 5.19. The minimum absolute atomic E-state index is 0.210. The average molecular weight is 345 g/mol. The SMILES string of the molecule is O=C(Nc1nnc(C2CCCCC2)s1)c1ccc2c(c1)OCCO2. The monoisotopic (exact) mass is 345 g/mol. The highest BCUT2D eigenvalue weighted by Crippen LogP contribution is 2.35. The highest BCUT2D eigenvalue weighted by Gasteiger charge is 2.21. The van der Waals surface area contributed by atoms with Crippen molar-refractivity contribution in [2.24, 2.45) is 0 Å². The zero-order valence-corrected chi connectivity index (χ0v) is 14.1. The number of benzene rings is 1. The molecule has 1 aromatic carbocycles. The number of hydrogen-bond donors (Lipinski definition) is 1. The summed E-state index contributed by atoms with van der Waals surface area (Å²) in [7, 11) is 0. The van der Waals surface area contributed by atoms with Crippen LogP contribution in [-0.4, -0.2) is 29.3 Å². The number of hydrogen-bond acceptors (Lipinski definition) is 6. The number of nitrogens with zero attached hydrogens (tertiary/aromatic N) is 2. The summed E-state index contributed by atoms with van der Waals surface area (Å²) >= 11 is 1.48. The Bertz CT molecular complexity index is 740. The van der Waals surface area contributed by atoms with Crippen LogP contribution in [0.5, 0.6) is 11.5 Å². The second kappa shape index (κ2) is 6.76. The molecule has 0 atom stereocenters. The van der Waals surface area contributed by atoms with E-state index in [0.717, 1.165) is 5.01 Å². The molecule has 2 aromatic rings. The van der Waals surface area contributed by atoms with E-state index in [2.05, 4.69) is 15.5 Å². The molecule has 0 bridgehead atoms. The van der Waals surface area contributed by atoms with Gasteiger partial charge in [0.1, 0.15) is 18.2 Å². The van der Waals surface area contributed by atoms with Crippen LogP contribution in [0.1, 0.15) is 53.4 Å². The zero-order valence-electron chi connectivity index (χ0n) is 13.3. The van der Waals surface area contributed by atoms with Crippen molar-refractivity contribution in [3.05, 3.63) is 28.8 Å². The van der Waals surface area contributed by atoms with Crippen LogP contribution in [0.25, 0.3) is 0 Å². The third-order valence-electron chi connectivity index (χ3n) is 4.42. The lowest BCUT2D eigenvalue weighted by atomic mass is 9.90. The van der Waals surface area contributed by atoms with Gasteiger partial charge in [0, 0.05) is 11.5 Å². The van der Waals surface area contributed by atoms with Gasteiger partial charge in [-0.05, 0) is 31.0 Å². The van der Waals surface area contributed by atoms with Crippen molar-refractivity contribution in [1.29, 1.82) is 0 Å². The van der Waals surface area contributed by atoms with E-state index in [9.17, 15) is 4.79 Å². The van der Waals surface area contributed by atoms with Gasteiger partial charge < -0.3 is 9.47 Å². The third kappa shape index (κ3) is 3.21. The molecule has 0 unspecified atom stereocenters. The smallest absolute Gasteiger partial charge is 0.257 e. The minimum Gasteiger partial charge on any atom is -0.486 e. The molecule has 7 heteroatoms. The molecule has 4 rings (SSSR count). The van der Waals surface area contributed by atoms with Crippen LogP contribution in [-0.2, 0) is 0 Å². The van der Waals surface area contributed by atoms with Gasteiger partial charge in [-0.1, -0.05) is 30.6 Å². The lowest BCUT2D eigenvalue weighted by Crippen LogP contribution is -2.17. The van der Waals surface area contributed by atoms with Crippen molar-refractivity contribution >= 4 is 22.4 Å². The molecule has 6 nitrogen and oxygen atoms in total. The molecule has 1 aromatic heterocycles. The lowest BCUT2D eigenvalue weighted by molar-refractivity contribution is 0.102. The van der Waals surface area contributed by atoms with Crippen LogP contribution < -0.4 is 14.8 Å². The number of ether oxygens (including phenoxy) is 2. The summed E-state index contributed by atoms with van der Waals surface area (Å²) in [5.74, 6) is 1.57. The second-order valence-corrected chi connectivity index (χ2v) is 7.10. The predicted molar refractivity (Wildman–Crippen MR) is 91.1 cm³/mol. The highest BCUT2D eigenvalue weighted by atomic mass is 32.1. The van der Waals surface area contributed by atoms with E-state index in [1.165, 1.54) is 43.4 Å². The van der Waals surface area contributed by atoms with Gasteiger partial charge in [-0.2, -0.15) is 0 Å². The Morgan fingerprint density at radius 2 is 1.88 bits per heavy atom. The second-order valence-electron chi connectivity index (χ2n) is 6.09. The van der Waals surface area contributed by atoms with Crippen LogP contribution in [0.2, 0.25) is 0 Å². The third-order valence-corrected chi connectivity index (χ3v) is 5.42. The Hall–Kier alpha value is -2.15. The van der Waals surface area contributed by atoms with Gasteiger partial charge in [0.2, 0.25) is 5.13 Å². The summed E-state index contributed by atoms with van der Waals surface area (Å²) in [6.07, 6.45) is 6.16. The Labute approximate surface area is 144 Å². The molecule has 0 spiro atoms. The Balaban J connectivity index is 1.45. The fourth-order valence-corrected chi connectivity index (χ4v) is 4.06. The van der Waals surface area contributed by atoms with E-state index in [4.69, 9.17) is 9.47 Å². The summed E-state index contributed by atoms with van der Waals surface area (Å²) in [5, 5.41) is 12.8. The number of carbonyl (C=O) groups is 1. The van der Waals surface area contributed by atoms with Gasteiger partial charge in [-0.3, -0.25) is 10.1 Å². The van der Waals surface area contributed by atoms with E-state index >= 15 is 0 Å². The quantitative estimate of drug-likeness (QED) is 0.920. The fourth-order valence-electron chi connectivity index (χ4n) is 3.15. The summed E-state index contributed by atoms with van der Waals surface area (Å²) in [6.45, 7) is 1.03. The Morgan fingerprint density at radius 1 is 1.08 bits per heavy atom. The van der Waals surface area contributed by atoms with Crippen LogP contribution in [0, 0.1) is 0 Å². The van der Waals surface area contributed by atoms with E-state index in [1.807, 2.05) is 0 Å². The van der Waals surface area contributed by atoms with Crippen molar-refractivity contribution in [3.8, 4) is 11.5 Å². The Kier molecular flexibility index (Phi) is 4.34. The summed E-state index contributed by atoms with van der Waals surface area (Å²) in [5.41, 5.74) is 0.522. The van der Waals surface area contributed by atoms with Gasteiger partial charge in [0.25, 0.3) is 5.91 Å². The fraction of sp³-hybridized carbons (Fsp3) is 0.471. The molecule has 1 N–H and O–H groups in total. The topological polar surface area (TPSA) is 73.3 Å². The van der Waals surface area contributed by atoms with Gasteiger partial charge in [-0.15, -0.1) is 10.2 Å². The van der Waals surface area contributed by atoms with Crippen molar-refractivity contribution in [2.45, 2.75) is 38.0 Å². The molecule has 2 aliphatic rings. The summed E-state index contributed by atoms with van der Waals surface area (Å²) < 4.78 is 11.0. The predicted octanol–water partition coefficient (Wildman–Crippen LogP) is 3.61. The van der Waals surface area contributed by atoms with Crippen molar-refractivity contribution in [1.82, 2.24) is 10.2 Å². The number of carbonyl (C=O) groups excluding carboxylic acids is 1. The van der Waals surface area contributed by atoms with Crippen LogP contribution in [0.15, 0.2) is 18.2 Å². The maximum atomic E-state index is 12.4. The molecule has 0 saturated heterocycles. The van der Waals surface area contributed by atoms with Gasteiger partial charge >= 0.3 is 0 Å². The number of aromatic nitrogens is 2. The molecule has 1 amide bonds. The molecule has 1 fully saturated rings. The number of fused-ring (bicyclic) bond motifs is 1.